The van der Waals surface area contributed by atoms with Crippen LogP contribution in [0.4, 0.5) is 8.78 Å². The van der Waals surface area contributed by atoms with E-state index >= 15 is 0 Å². The topological polar surface area (TPSA) is 38.3 Å². The lowest BCUT2D eigenvalue weighted by Gasteiger charge is -2.17. The van der Waals surface area contributed by atoms with Crippen LogP contribution in [0.2, 0.25) is 0 Å². The van der Waals surface area contributed by atoms with Gasteiger partial charge in [-0.25, -0.2) is 0 Å². The van der Waals surface area contributed by atoms with Crippen LogP contribution in [0.3, 0.4) is 0 Å². The van der Waals surface area contributed by atoms with Crippen molar-refractivity contribution in [2.75, 3.05) is 0 Å². The number of thiophene rings is 1. The van der Waals surface area contributed by atoms with Crippen molar-refractivity contribution in [3.63, 3.8) is 0 Å². The first-order valence-corrected chi connectivity index (χ1v) is 6.89. The minimum atomic E-state index is -2.89. The van der Waals surface area contributed by atoms with E-state index in [0.717, 1.165) is 0 Å². The van der Waals surface area contributed by atoms with Gasteiger partial charge in [-0.15, -0.1) is 0 Å². The Labute approximate surface area is 119 Å². The van der Waals surface area contributed by atoms with E-state index < -0.39 is 12.7 Å². The normalized spacial score (nSPS) is 12.2. The van der Waals surface area contributed by atoms with Gasteiger partial charge >= 0.3 is 6.61 Å². The minimum absolute atomic E-state index is 0.0700. The van der Waals surface area contributed by atoms with Crippen molar-refractivity contribution in [2.24, 2.45) is 0 Å². The van der Waals surface area contributed by atoms with Crippen LogP contribution in [0.25, 0.3) is 0 Å². The van der Waals surface area contributed by atoms with Crippen molar-refractivity contribution < 1.29 is 18.3 Å². The summed E-state index contributed by atoms with van der Waals surface area (Å²) in [5.74, 6) is -0.175. The van der Waals surface area contributed by atoms with Crippen LogP contribution >= 0.6 is 11.3 Å². The molecular weight excluding hydrogens is 284 g/mol. The third kappa shape index (κ3) is 3.54. The van der Waals surface area contributed by atoms with Crippen molar-refractivity contribution in [3.05, 3.63) is 52.2 Å². The van der Waals surface area contributed by atoms with Crippen LogP contribution in [0.15, 0.2) is 41.1 Å². The van der Waals surface area contributed by atoms with Gasteiger partial charge in [-0.2, -0.15) is 20.1 Å². The van der Waals surface area contributed by atoms with Gasteiger partial charge in [0.1, 0.15) is 5.75 Å². The Kier molecular flexibility index (Phi) is 4.68. The van der Waals surface area contributed by atoms with Gasteiger partial charge in [0.05, 0.1) is 11.6 Å². The molecule has 106 valence electrons. The van der Waals surface area contributed by atoms with Gasteiger partial charge in [-0.1, -0.05) is 18.2 Å². The van der Waals surface area contributed by atoms with Gasteiger partial charge in [-0.05, 0) is 24.4 Å². The molecule has 0 radical (unpaired) electrons. The highest BCUT2D eigenvalue weighted by Gasteiger charge is 2.17. The standard InChI is InChI=1S/C14H13F2NO2S/c1-9(17-13(18)10-6-7-20-8-10)11-4-2-3-5-12(11)19-14(15)16/h2-9,14H,1H3,(H,17,18). The molecule has 0 aliphatic heterocycles. The highest BCUT2D eigenvalue weighted by molar-refractivity contribution is 7.08. The summed E-state index contributed by atoms with van der Waals surface area (Å²) in [6.07, 6.45) is 0. The van der Waals surface area contributed by atoms with Crippen LogP contribution < -0.4 is 10.1 Å². The fourth-order valence-electron chi connectivity index (χ4n) is 1.79. The van der Waals surface area contributed by atoms with Gasteiger partial charge in [0.25, 0.3) is 5.91 Å². The lowest BCUT2D eigenvalue weighted by Crippen LogP contribution is -2.26. The Hall–Kier alpha value is -1.95. The molecule has 1 atom stereocenters. The molecule has 0 spiro atoms. The Balaban J connectivity index is 2.13. The molecule has 0 aliphatic rings. The van der Waals surface area contributed by atoms with Crippen molar-refractivity contribution in [1.29, 1.82) is 0 Å². The number of halogens is 2. The zero-order valence-corrected chi connectivity index (χ0v) is 11.5. The van der Waals surface area contributed by atoms with Gasteiger partial charge in [-0.3, -0.25) is 4.79 Å². The predicted octanol–water partition coefficient (Wildman–Crippen LogP) is 3.84. The van der Waals surface area contributed by atoms with E-state index in [2.05, 4.69) is 10.1 Å². The number of alkyl halides is 2. The van der Waals surface area contributed by atoms with Gasteiger partial charge < -0.3 is 10.1 Å². The van der Waals surface area contributed by atoms with E-state index in [1.165, 1.54) is 17.4 Å². The summed E-state index contributed by atoms with van der Waals surface area (Å²) in [4.78, 5) is 11.9. The van der Waals surface area contributed by atoms with Crippen LogP contribution in [-0.4, -0.2) is 12.5 Å². The number of carbonyl (C=O) groups excluding carboxylic acids is 1. The zero-order chi connectivity index (χ0) is 14.5. The number of para-hydroxylation sites is 1. The molecule has 1 aromatic carbocycles. The molecule has 1 heterocycles. The maximum absolute atomic E-state index is 12.3. The minimum Gasteiger partial charge on any atom is -0.434 e. The smallest absolute Gasteiger partial charge is 0.387 e. The third-order valence-electron chi connectivity index (χ3n) is 2.73. The van der Waals surface area contributed by atoms with Gasteiger partial charge in [0.2, 0.25) is 0 Å². The molecule has 1 N–H and O–H groups in total. The maximum atomic E-state index is 12.3. The Morgan fingerprint density at radius 2 is 2.05 bits per heavy atom. The first-order valence-electron chi connectivity index (χ1n) is 5.94. The number of ether oxygens (including phenoxy) is 1. The SMILES string of the molecule is CC(NC(=O)c1ccsc1)c1ccccc1OC(F)F. The Bertz CT molecular complexity index is 572. The molecule has 1 amide bonds. The second-order valence-electron chi connectivity index (χ2n) is 4.12. The predicted molar refractivity (Wildman–Crippen MR) is 73.3 cm³/mol. The van der Waals surface area contributed by atoms with E-state index in [-0.39, 0.29) is 11.7 Å². The number of benzene rings is 1. The van der Waals surface area contributed by atoms with Crippen LogP contribution in [0.5, 0.6) is 5.75 Å². The molecule has 0 saturated heterocycles. The Morgan fingerprint density at radius 1 is 1.30 bits per heavy atom. The first-order chi connectivity index (χ1) is 9.58. The van der Waals surface area contributed by atoms with E-state index in [1.54, 1.807) is 41.9 Å². The van der Waals surface area contributed by atoms with Gasteiger partial charge in [0, 0.05) is 10.9 Å². The highest BCUT2D eigenvalue weighted by Crippen LogP contribution is 2.26. The number of hydrogen-bond acceptors (Lipinski definition) is 3. The lowest BCUT2D eigenvalue weighted by atomic mass is 10.1. The summed E-state index contributed by atoms with van der Waals surface area (Å²) < 4.78 is 29.1. The van der Waals surface area contributed by atoms with E-state index in [9.17, 15) is 13.6 Å². The van der Waals surface area contributed by atoms with Crippen molar-refractivity contribution >= 4 is 17.2 Å². The molecular formula is C14H13F2NO2S. The molecule has 6 heteroatoms. The summed E-state index contributed by atoms with van der Waals surface area (Å²) in [6.45, 7) is -1.17. The van der Waals surface area contributed by atoms with Crippen LogP contribution in [0.1, 0.15) is 28.9 Å². The fraction of sp³-hybridized carbons (Fsp3) is 0.214. The second kappa shape index (κ2) is 6.47. The van der Waals surface area contributed by atoms with Gasteiger partial charge in [0.15, 0.2) is 0 Å². The Morgan fingerprint density at radius 3 is 2.70 bits per heavy atom. The largest absolute Gasteiger partial charge is 0.434 e. The molecule has 20 heavy (non-hydrogen) atoms. The van der Waals surface area contributed by atoms with Crippen LogP contribution in [-0.2, 0) is 0 Å². The number of hydrogen-bond donors (Lipinski definition) is 1. The molecule has 0 saturated carbocycles. The summed E-state index contributed by atoms with van der Waals surface area (Å²) >= 11 is 1.42. The molecule has 1 unspecified atom stereocenters. The maximum Gasteiger partial charge on any atom is 0.387 e. The third-order valence-corrected chi connectivity index (χ3v) is 3.42. The summed E-state index contributed by atoms with van der Waals surface area (Å²) in [5, 5.41) is 6.28. The molecule has 2 rings (SSSR count). The van der Waals surface area contributed by atoms with Crippen molar-refractivity contribution in [2.45, 2.75) is 19.6 Å². The fourth-order valence-corrected chi connectivity index (χ4v) is 2.43. The number of rotatable bonds is 5. The molecule has 3 nitrogen and oxygen atoms in total. The molecule has 0 fully saturated rings. The zero-order valence-electron chi connectivity index (χ0n) is 10.7. The number of carbonyl (C=O) groups is 1. The average molecular weight is 297 g/mol. The van der Waals surface area contributed by atoms with Crippen molar-refractivity contribution in [3.8, 4) is 5.75 Å². The first kappa shape index (κ1) is 14.5. The van der Waals surface area contributed by atoms with E-state index in [0.29, 0.717) is 11.1 Å². The highest BCUT2D eigenvalue weighted by atomic mass is 32.1. The number of amides is 1. The number of nitrogens with one attached hydrogen (secondary N) is 1. The molecule has 0 aliphatic carbocycles. The quantitative estimate of drug-likeness (QED) is 0.910. The van der Waals surface area contributed by atoms with E-state index in [4.69, 9.17) is 0 Å². The summed E-state index contributed by atoms with van der Waals surface area (Å²) in [5.41, 5.74) is 1.06. The monoisotopic (exact) mass is 297 g/mol. The summed E-state index contributed by atoms with van der Waals surface area (Å²) in [6, 6.07) is 7.69. The second-order valence-corrected chi connectivity index (χ2v) is 4.90. The summed E-state index contributed by atoms with van der Waals surface area (Å²) in [7, 11) is 0. The van der Waals surface area contributed by atoms with Crippen molar-refractivity contribution in [1.82, 2.24) is 5.32 Å². The van der Waals surface area contributed by atoms with E-state index in [1.807, 2.05) is 0 Å². The molecule has 1 aromatic heterocycles. The van der Waals surface area contributed by atoms with Crippen LogP contribution in [0, 0.1) is 0 Å². The molecule has 0 bridgehead atoms. The lowest BCUT2D eigenvalue weighted by molar-refractivity contribution is -0.0506. The average Bonchev–Trinajstić information content (AvgIpc) is 2.92. The molecule has 2 aromatic rings.